The van der Waals surface area contributed by atoms with Gasteiger partial charge in [-0.3, -0.25) is 15.7 Å². The van der Waals surface area contributed by atoms with E-state index < -0.39 is 0 Å². The summed E-state index contributed by atoms with van der Waals surface area (Å²) in [7, 11) is 0. The lowest BCUT2D eigenvalue weighted by Gasteiger charge is -2.21. The van der Waals surface area contributed by atoms with E-state index in [2.05, 4.69) is 41.3 Å². The second kappa shape index (κ2) is 5.23. The van der Waals surface area contributed by atoms with E-state index in [0.717, 1.165) is 35.4 Å². The van der Waals surface area contributed by atoms with Gasteiger partial charge in [0.05, 0.1) is 11.2 Å². The Hall–Kier alpha value is -1.81. The number of pyridine rings is 1. The van der Waals surface area contributed by atoms with Crippen LogP contribution in [0, 0.1) is 6.92 Å². The molecule has 2 aromatic rings. The van der Waals surface area contributed by atoms with Crippen molar-refractivity contribution in [1.82, 2.24) is 4.98 Å². The van der Waals surface area contributed by atoms with Crippen LogP contribution in [0.2, 0.25) is 0 Å². The molecule has 0 spiro atoms. The molecule has 0 radical (unpaired) electrons. The predicted molar refractivity (Wildman–Crippen MR) is 75.5 cm³/mol. The average Bonchev–Trinajstić information content (AvgIpc) is 2.39. The van der Waals surface area contributed by atoms with Crippen molar-refractivity contribution in [2.24, 2.45) is 0 Å². The molecular formula is C14H19N3O. The summed E-state index contributed by atoms with van der Waals surface area (Å²) < 4.78 is 0. The highest BCUT2D eigenvalue weighted by Gasteiger charge is 2.07. The van der Waals surface area contributed by atoms with E-state index in [0.29, 0.717) is 5.69 Å². The molecule has 0 fully saturated rings. The lowest BCUT2D eigenvalue weighted by Crippen LogP contribution is -2.21. The van der Waals surface area contributed by atoms with E-state index >= 15 is 0 Å². The van der Waals surface area contributed by atoms with Gasteiger partial charge >= 0.3 is 0 Å². The molecule has 96 valence electrons. The molecule has 0 saturated heterocycles. The topological polar surface area (TPSA) is 48.4 Å². The van der Waals surface area contributed by atoms with Gasteiger partial charge in [0.2, 0.25) is 0 Å². The zero-order chi connectivity index (χ0) is 13.1. The maximum Gasteiger partial charge on any atom is 0.0728 e. The van der Waals surface area contributed by atoms with Crippen molar-refractivity contribution in [2.45, 2.75) is 20.8 Å². The molecule has 4 nitrogen and oxygen atoms in total. The number of rotatable bonds is 4. The molecule has 0 aliphatic heterocycles. The number of hydrogen-bond donors (Lipinski definition) is 2. The summed E-state index contributed by atoms with van der Waals surface area (Å²) >= 11 is 0. The molecule has 0 aliphatic carbocycles. The first-order chi connectivity index (χ1) is 8.69. The van der Waals surface area contributed by atoms with Gasteiger partial charge in [0.15, 0.2) is 0 Å². The summed E-state index contributed by atoms with van der Waals surface area (Å²) in [6.07, 6.45) is 0. The first-order valence-electron chi connectivity index (χ1n) is 6.26. The molecule has 0 atom stereocenters. The minimum absolute atomic E-state index is 0.700. The fourth-order valence-corrected chi connectivity index (χ4v) is 2.22. The Morgan fingerprint density at radius 2 is 1.94 bits per heavy atom. The van der Waals surface area contributed by atoms with Crippen molar-refractivity contribution >= 4 is 22.3 Å². The van der Waals surface area contributed by atoms with Crippen LogP contribution in [0.25, 0.3) is 10.9 Å². The third-order valence-electron chi connectivity index (χ3n) is 3.17. The largest absolute Gasteiger partial charge is 0.372 e. The van der Waals surface area contributed by atoms with Gasteiger partial charge in [-0.1, -0.05) is 0 Å². The minimum Gasteiger partial charge on any atom is -0.372 e. The highest BCUT2D eigenvalue weighted by atomic mass is 16.5. The molecule has 2 N–H and O–H groups in total. The van der Waals surface area contributed by atoms with Crippen LogP contribution in [0.4, 0.5) is 11.4 Å². The van der Waals surface area contributed by atoms with Gasteiger partial charge in [-0.2, -0.15) is 0 Å². The summed E-state index contributed by atoms with van der Waals surface area (Å²) in [6, 6.07) is 7.97. The summed E-state index contributed by atoms with van der Waals surface area (Å²) in [5.74, 6) is 0. The van der Waals surface area contributed by atoms with E-state index in [9.17, 15) is 5.21 Å². The fourth-order valence-electron chi connectivity index (χ4n) is 2.22. The van der Waals surface area contributed by atoms with E-state index in [1.165, 1.54) is 0 Å². The molecule has 4 heteroatoms. The Kier molecular flexibility index (Phi) is 3.67. The number of anilines is 2. The Morgan fingerprint density at radius 1 is 1.22 bits per heavy atom. The normalized spacial score (nSPS) is 10.7. The minimum atomic E-state index is 0.700. The van der Waals surface area contributed by atoms with Crippen LogP contribution in [0.3, 0.4) is 0 Å². The zero-order valence-corrected chi connectivity index (χ0v) is 11.1. The van der Waals surface area contributed by atoms with Crippen LogP contribution in [0.15, 0.2) is 24.3 Å². The molecule has 1 heterocycles. The zero-order valence-electron chi connectivity index (χ0n) is 11.1. The molecule has 1 aromatic heterocycles. The molecule has 0 aliphatic rings. The molecule has 18 heavy (non-hydrogen) atoms. The van der Waals surface area contributed by atoms with E-state index in [1.54, 1.807) is 0 Å². The highest BCUT2D eigenvalue weighted by Crippen LogP contribution is 2.27. The monoisotopic (exact) mass is 245 g/mol. The van der Waals surface area contributed by atoms with Crippen molar-refractivity contribution in [3.05, 3.63) is 30.0 Å². The van der Waals surface area contributed by atoms with Gasteiger partial charge in [-0.25, -0.2) is 0 Å². The van der Waals surface area contributed by atoms with Gasteiger partial charge in [-0.15, -0.1) is 0 Å². The SMILES string of the molecule is CCN(CC)c1ccc2nc(C)cc(NO)c2c1. The highest BCUT2D eigenvalue weighted by molar-refractivity contribution is 5.93. The van der Waals surface area contributed by atoms with Crippen molar-refractivity contribution in [3.8, 4) is 0 Å². The predicted octanol–water partition coefficient (Wildman–Crippen LogP) is 3.19. The second-order valence-electron chi connectivity index (χ2n) is 4.30. The van der Waals surface area contributed by atoms with Gasteiger partial charge in [-0.05, 0) is 45.0 Å². The van der Waals surface area contributed by atoms with Gasteiger partial charge in [0, 0.05) is 29.9 Å². The van der Waals surface area contributed by atoms with Crippen LogP contribution in [0.1, 0.15) is 19.5 Å². The molecule has 0 bridgehead atoms. The lowest BCUT2D eigenvalue weighted by molar-refractivity contribution is 0.389. The summed E-state index contributed by atoms with van der Waals surface area (Å²) in [5, 5.41) is 10.2. The van der Waals surface area contributed by atoms with Crippen LogP contribution in [-0.2, 0) is 0 Å². The maximum atomic E-state index is 9.21. The van der Waals surface area contributed by atoms with Crippen molar-refractivity contribution in [3.63, 3.8) is 0 Å². The van der Waals surface area contributed by atoms with Crippen LogP contribution in [-0.4, -0.2) is 23.3 Å². The summed E-state index contributed by atoms with van der Waals surface area (Å²) in [5.41, 5.74) is 5.88. The molecule has 0 amide bonds. The van der Waals surface area contributed by atoms with Crippen molar-refractivity contribution < 1.29 is 5.21 Å². The Balaban J connectivity index is 2.59. The van der Waals surface area contributed by atoms with Crippen molar-refractivity contribution in [2.75, 3.05) is 23.5 Å². The first-order valence-corrected chi connectivity index (χ1v) is 6.26. The van der Waals surface area contributed by atoms with Gasteiger partial charge in [0.25, 0.3) is 0 Å². The van der Waals surface area contributed by atoms with Crippen LogP contribution >= 0.6 is 0 Å². The number of fused-ring (bicyclic) bond motifs is 1. The van der Waals surface area contributed by atoms with E-state index in [-0.39, 0.29) is 0 Å². The number of hydrogen-bond acceptors (Lipinski definition) is 4. The number of aromatic nitrogens is 1. The van der Waals surface area contributed by atoms with Gasteiger partial charge < -0.3 is 4.90 Å². The lowest BCUT2D eigenvalue weighted by atomic mass is 10.1. The quantitative estimate of drug-likeness (QED) is 0.812. The molecule has 1 aromatic carbocycles. The number of nitrogens with one attached hydrogen (secondary N) is 1. The van der Waals surface area contributed by atoms with Gasteiger partial charge in [0.1, 0.15) is 0 Å². The smallest absolute Gasteiger partial charge is 0.0728 e. The van der Waals surface area contributed by atoms with Crippen molar-refractivity contribution in [1.29, 1.82) is 0 Å². The fraction of sp³-hybridized carbons (Fsp3) is 0.357. The number of nitrogens with zero attached hydrogens (tertiary/aromatic N) is 2. The molecular weight excluding hydrogens is 226 g/mol. The van der Waals surface area contributed by atoms with Crippen LogP contribution in [0.5, 0.6) is 0 Å². The standard InChI is InChI=1S/C14H19N3O/c1-4-17(5-2)11-6-7-13-12(9-11)14(16-18)8-10(3)15-13/h6-9,18H,4-5H2,1-3H3,(H,15,16). The maximum absolute atomic E-state index is 9.21. The molecule has 0 unspecified atom stereocenters. The third-order valence-corrected chi connectivity index (χ3v) is 3.17. The Bertz CT molecular complexity index is 550. The number of benzene rings is 1. The molecule has 2 rings (SSSR count). The van der Waals surface area contributed by atoms with E-state index in [4.69, 9.17) is 0 Å². The third kappa shape index (κ3) is 2.24. The van der Waals surface area contributed by atoms with Crippen LogP contribution < -0.4 is 10.4 Å². The average molecular weight is 245 g/mol. The Labute approximate surface area is 107 Å². The summed E-state index contributed by atoms with van der Waals surface area (Å²) in [6.45, 7) is 8.10. The first kappa shape index (κ1) is 12.6. The summed E-state index contributed by atoms with van der Waals surface area (Å²) in [4.78, 5) is 6.73. The molecule has 0 saturated carbocycles. The Morgan fingerprint density at radius 3 is 2.56 bits per heavy atom. The number of aryl methyl sites for hydroxylation is 1. The van der Waals surface area contributed by atoms with E-state index in [1.807, 2.05) is 19.1 Å². The second-order valence-corrected chi connectivity index (χ2v) is 4.30.